The third-order valence-corrected chi connectivity index (χ3v) is 5.86. The Labute approximate surface area is 136 Å². The zero-order valence-electron chi connectivity index (χ0n) is 15.1. The van der Waals surface area contributed by atoms with E-state index in [0.717, 1.165) is 38.2 Å². The molecule has 3 rings (SSSR count). The standard InChI is InChI=1S/C18H34N2O2/c1-17(2,3)19-7-6-16(10-19)22-13-18(4,5)20-8-14-11-21-12-15(14)9-20/h14-16H,6-13H2,1-5H3/t14-,15+,16-/m0/s1. The van der Waals surface area contributed by atoms with Crippen molar-refractivity contribution in [3.05, 3.63) is 0 Å². The summed E-state index contributed by atoms with van der Waals surface area (Å²) in [5, 5.41) is 0. The molecule has 3 atom stereocenters. The van der Waals surface area contributed by atoms with Gasteiger partial charge >= 0.3 is 0 Å². The van der Waals surface area contributed by atoms with Crippen molar-refractivity contribution in [1.82, 2.24) is 9.80 Å². The number of nitrogens with zero attached hydrogens (tertiary/aromatic N) is 2. The third-order valence-electron chi connectivity index (χ3n) is 5.86. The van der Waals surface area contributed by atoms with Crippen molar-refractivity contribution in [3.63, 3.8) is 0 Å². The second-order valence-electron chi connectivity index (χ2n) is 9.11. The molecule has 0 unspecified atom stereocenters. The Morgan fingerprint density at radius 3 is 2.14 bits per heavy atom. The van der Waals surface area contributed by atoms with Crippen LogP contribution in [-0.4, -0.2) is 73.0 Å². The SMILES string of the molecule is CC(C)(C)N1CC[C@H](OCC(C)(C)N2C[C@H]3COC[C@H]3C2)C1. The van der Waals surface area contributed by atoms with Crippen molar-refractivity contribution in [2.24, 2.45) is 11.8 Å². The smallest absolute Gasteiger partial charge is 0.0715 e. The van der Waals surface area contributed by atoms with Crippen LogP contribution in [0.15, 0.2) is 0 Å². The number of ether oxygens (including phenoxy) is 2. The van der Waals surface area contributed by atoms with Gasteiger partial charge in [-0.3, -0.25) is 9.80 Å². The van der Waals surface area contributed by atoms with E-state index in [-0.39, 0.29) is 11.1 Å². The first-order valence-electron chi connectivity index (χ1n) is 8.95. The minimum absolute atomic E-state index is 0.138. The lowest BCUT2D eigenvalue weighted by molar-refractivity contribution is -0.0233. The van der Waals surface area contributed by atoms with Gasteiger partial charge in [0.2, 0.25) is 0 Å². The molecule has 0 aromatic carbocycles. The first-order chi connectivity index (χ1) is 10.3. The van der Waals surface area contributed by atoms with Crippen LogP contribution >= 0.6 is 0 Å². The largest absolute Gasteiger partial charge is 0.381 e. The Bertz CT molecular complexity index is 379. The van der Waals surface area contributed by atoms with E-state index in [0.29, 0.717) is 6.10 Å². The Hall–Kier alpha value is -0.160. The van der Waals surface area contributed by atoms with Gasteiger partial charge < -0.3 is 9.47 Å². The van der Waals surface area contributed by atoms with E-state index in [1.807, 2.05) is 0 Å². The summed E-state index contributed by atoms with van der Waals surface area (Å²) in [6.07, 6.45) is 1.58. The van der Waals surface area contributed by atoms with Crippen molar-refractivity contribution in [3.8, 4) is 0 Å². The fourth-order valence-electron chi connectivity index (χ4n) is 4.07. The van der Waals surface area contributed by atoms with Gasteiger partial charge in [-0.25, -0.2) is 0 Å². The molecular formula is C18H34N2O2. The van der Waals surface area contributed by atoms with Crippen molar-refractivity contribution in [1.29, 1.82) is 0 Å². The normalized spacial score (nSPS) is 34.5. The molecule has 3 aliphatic rings. The summed E-state index contributed by atoms with van der Waals surface area (Å²) >= 11 is 0. The number of hydrogen-bond acceptors (Lipinski definition) is 4. The second kappa shape index (κ2) is 6.04. The monoisotopic (exact) mass is 310 g/mol. The molecule has 0 aliphatic carbocycles. The predicted molar refractivity (Wildman–Crippen MR) is 89.1 cm³/mol. The molecule has 3 fully saturated rings. The highest BCUT2D eigenvalue weighted by molar-refractivity contribution is 4.95. The molecule has 0 saturated carbocycles. The fraction of sp³-hybridized carbons (Fsp3) is 1.00. The van der Waals surface area contributed by atoms with E-state index >= 15 is 0 Å². The van der Waals surface area contributed by atoms with E-state index in [1.54, 1.807) is 0 Å². The van der Waals surface area contributed by atoms with E-state index in [4.69, 9.17) is 9.47 Å². The van der Waals surface area contributed by atoms with Gasteiger partial charge in [-0.05, 0) is 41.0 Å². The van der Waals surface area contributed by atoms with E-state index in [2.05, 4.69) is 44.4 Å². The summed E-state index contributed by atoms with van der Waals surface area (Å²) in [4.78, 5) is 5.17. The molecular weight excluding hydrogens is 276 g/mol. The molecule has 0 bridgehead atoms. The number of rotatable bonds is 4. The number of fused-ring (bicyclic) bond motifs is 1. The van der Waals surface area contributed by atoms with Crippen molar-refractivity contribution in [2.45, 2.75) is 58.2 Å². The lowest BCUT2D eigenvalue weighted by Gasteiger charge is -2.37. The average Bonchev–Trinajstić information content (AvgIpc) is 3.10. The zero-order valence-corrected chi connectivity index (χ0v) is 15.1. The quantitative estimate of drug-likeness (QED) is 0.795. The van der Waals surface area contributed by atoms with Gasteiger partial charge in [-0.2, -0.15) is 0 Å². The second-order valence-corrected chi connectivity index (χ2v) is 9.11. The van der Waals surface area contributed by atoms with Crippen LogP contribution in [0, 0.1) is 11.8 Å². The van der Waals surface area contributed by atoms with E-state index < -0.39 is 0 Å². The summed E-state index contributed by atoms with van der Waals surface area (Å²) in [6, 6.07) is 0. The molecule has 0 spiro atoms. The van der Waals surface area contributed by atoms with Crippen LogP contribution in [0.1, 0.15) is 41.0 Å². The van der Waals surface area contributed by atoms with Crippen molar-refractivity contribution in [2.75, 3.05) is 46.0 Å². The lowest BCUT2D eigenvalue weighted by atomic mass is 10.0. The third kappa shape index (κ3) is 3.50. The van der Waals surface area contributed by atoms with Crippen LogP contribution in [0.25, 0.3) is 0 Å². The maximum Gasteiger partial charge on any atom is 0.0715 e. The van der Waals surface area contributed by atoms with Crippen LogP contribution in [0.5, 0.6) is 0 Å². The summed E-state index contributed by atoms with van der Waals surface area (Å²) in [5.74, 6) is 1.50. The maximum absolute atomic E-state index is 6.31. The molecule has 3 aliphatic heterocycles. The van der Waals surface area contributed by atoms with Gasteiger partial charge in [-0.15, -0.1) is 0 Å². The van der Waals surface area contributed by atoms with Gasteiger partial charge in [0, 0.05) is 49.1 Å². The predicted octanol–water partition coefficient (Wildman–Crippen LogP) is 2.23. The minimum atomic E-state index is 0.138. The van der Waals surface area contributed by atoms with Crippen LogP contribution in [-0.2, 0) is 9.47 Å². The minimum Gasteiger partial charge on any atom is -0.381 e. The topological polar surface area (TPSA) is 24.9 Å². The number of hydrogen-bond donors (Lipinski definition) is 0. The highest BCUT2D eigenvalue weighted by atomic mass is 16.5. The van der Waals surface area contributed by atoms with E-state index in [9.17, 15) is 0 Å². The van der Waals surface area contributed by atoms with Crippen LogP contribution in [0.4, 0.5) is 0 Å². The summed E-state index contributed by atoms with van der Waals surface area (Å²) in [6.45, 7) is 18.9. The van der Waals surface area contributed by atoms with Crippen LogP contribution < -0.4 is 0 Å². The molecule has 0 aromatic heterocycles. The fourth-order valence-corrected chi connectivity index (χ4v) is 4.07. The maximum atomic E-state index is 6.31. The van der Waals surface area contributed by atoms with Gasteiger partial charge in [0.25, 0.3) is 0 Å². The van der Waals surface area contributed by atoms with Gasteiger partial charge in [0.05, 0.1) is 25.9 Å². The highest BCUT2D eigenvalue weighted by Crippen LogP contribution is 2.34. The highest BCUT2D eigenvalue weighted by Gasteiger charge is 2.43. The van der Waals surface area contributed by atoms with Crippen molar-refractivity contribution >= 4 is 0 Å². The average molecular weight is 310 g/mol. The first kappa shape index (κ1) is 16.7. The summed E-state index contributed by atoms with van der Waals surface area (Å²) < 4.78 is 11.9. The zero-order chi connectivity index (χ0) is 16.0. The van der Waals surface area contributed by atoms with Gasteiger partial charge in [-0.1, -0.05) is 0 Å². The summed E-state index contributed by atoms with van der Waals surface area (Å²) in [5.41, 5.74) is 0.402. The molecule has 0 N–H and O–H groups in total. The van der Waals surface area contributed by atoms with Crippen molar-refractivity contribution < 1.29 is 9.47 Å². The summed E-state index contributed by atoms with van der Waals surface area (Å²) in [7, 11) is 0. The molecule has 3 saturated heterocycles. The molecule has 3 heterocycles. The Morgan fingerprint density at radius 1 is 0.955 bits per heavy atom. The Balaban J connectivity index is 1.47. The van der Waals surface area contributed by atoms with Gasteiger partial charge in [0.1, 0.15) is 0 Å². The van der Waals surface area contributed by atoms with E-state index in [1.165, 1.54) is 26.1 Å². The van der Waals surface area contributed by atoms with Crippen LogP contribution in [0.3, 0.4) is 0 Å². The molecule has 128 valence electrons. The molecule has 22 heavy (non-hydrogen) atoms. The lowest BCUT2D eigenvalue weighted by Crippen LogP contribution is -2.48. The molecule has 4 heteroatoms. The first-order valence-corrected chi connectivity index (χ1v) is 8.95. The molecule has 0 amide bonds. The van der Waals surface area contributed by atoms with Gasteiger partial charge in [0.15, 0.2) is 0 Å². The molecule has 0 aromatic rings. The molecule has 4 nitrogen and oxygen atoms in total. The molecule has 0 radical (unpaired) electrons. The number of likely N-dealkylation sites (tertiary alicyclic amines) is 2. The van der Waals surface area contributed by atoms with Crippen LogP contribution in [0.2, 0.25) is 0 Å². The Kier molecular flexibility index (Phi) is 4.59. The Morgan fingerprint density at radius 2 is 1.59 bits per heavy atom.